The van der Waals surface area contributed by atoms with Crippen molar-refractivity contribution < 1.29 is 9.26 Å². The quantitative estimate of drug-likeness (QED) is 0.569. The van der Waals surface area contributed by atoms with Crippen molar-refractivity contribution >= 4 is 16.6 Å². The molecule has 1 aromatic carbocycles. The lowest BCUT2D eigenvalue weighted by Crippen LogP contribution is -2.22. The van der Waals surface area contributed by atoms with Crippen LogP contribution in [0.25, 0.3) is 28.1 Å². The Morgan fingerprint density at radius 1 is 1.29 bits per heavy atom. The Morgan fingerprint density at radius 3 is 2.92 bits per heavy atom. The lowest BCUT2D eigenvalue weighted by molar-refractivity contribution is 0.174. The molecule has 0 atom stereocenters. The maximum atomic E-state index is 12.8. The Labute approximate surface area is 136 Å². The van der Waals surface area contributed by atoms with E-state index in [1.807, 2.05) is 35.6 Å². The molecule has 8 heteroatoms. The predicted molar refractivity (Wildman–Crippen MR) is 86.6 cm³/mol. The minimum absolute atomic E-state index is 0.0704. The molecule has 0 aliphatic rings. The smallest absolute Gasteiger partial charge is 0.280 e. The minimum atomic E-state index is -0.0704. The molecule has 0 spiro atoms. The van der Waals surface area contributed by atoms with Crippen LogP contribution in [0.15, 0.2) is 39.9 Å². The van der Waals surface area contributed by atoms with Crippen molar-refractivity contribution in [2.45, 2.75) is 20.1 Å². The summed E-state index contributed by atoms with van der Waals surface area (Å²) in [5.74, 6) is 0.696. The number of para-hydroxylation sites is 1. The van der Waals surface area contributed by atoms with Crippen molar-refractivity contribution in [2.75, 3.05) is 7.11 Å². The van der Waals surface area contributed by atoms with Crippen LogP contribution in [-0.4, -0.2) is 31.2 Å². The van der Waals surface area contributed by atoms with Gasteiger partial charge in [0.15, 0.2) is 17.2 Å². The molecule has 3 heterocycles. The largest absolute Gasteiger partial charge is 0.377 e. The fraction of sp³-hybridized carbons (Fsp3) is 0.250. The highest BCUT2D eigenvalue weighted by Gasteiger charge is 2.20. The zero-order valence-corrected chi connectivity index (χ0v) is 13.3. The Morgan fingerprint density at radius 2 is 2.12 bits per heavy atom. The average Bonchev–Trinajstić information content (AvgIpc) is 3.23. The molecule has 8 nitrogen and oxygen atoms in total. The number of imidazole rings is 1. The molecule has 0 saturated heterocycles. The van der Waals surface area contributed by atoms with Crippen LogP contribution in [0.5, 0.6) is 0 Å². The normalized spacial score (nSPS) is 11.6. The third-order valence-corrected chi connectivity index (χ3v) is 3.90. The van der Waals surface area contributed by atoms with Crippen LogP contribution in [0.1, 0.15) is 12.7 Å². The van der Waals surface area contributed by atoms with E-state index in [1.165, 1.54) is 0 Å². The molecule has 24 heavy (non-hydrogen) atoms. The number of nitrogens with zero attached hydrogens (tertiary/aromatic N) is 5. The van der Waals surface area contributed by atoms with Gasteiger partial charge in [0.25, 0.3) is 11.4 Å². The van der Waals surface area contributed by atoms with E-state index in [2.05, 4.69) is 15.1 Å². The molecule has 4 aromatic rings. The third-order valence-electron chi connectivity index (χ3n) is 3.90. The molecule has 0 aliphatic heterocycles. The Kier molecular flexibility index (Phi) is 3.39. The van der Waals surface area contributed by atoms with E-state index in [0.717, 1.165) is 5.52 Å². The van der Waals surface area contributed by atoms with Crippen LogP contribution in [-0.2, 0) is 17.9 Å². The molecule has 122 valence electrons. The highest BCUT2D eigenvalue weighted by atomic mass is 16.5. The highest BCUT2D eigenvalue weighted by Crippen LogP contribution is 2.24. The molecule has 0 aliphatic carbocycles. The first-order valence-corrected chi connectivity index (χ1v) is 7.55. The second-order valence-corrected chi connectivity index (χ2v) is 5.30. The molecule has 0 unspecified atom stereocenters. The summed E-state index contributed by atoms with van der Waals surface area (Å²) in [6.45, 7) is 2.67. The molecule has 4 rings (SSSR count). The van der Waals surface area contributed by atoms with Gasteiger partial charge >= 0.3 is 0 Å². The number of fused-ring (bicyclic) bond motifs is 3. The van der Waals surface area contributed by atoms with Crippen LogP contribution in [0.3, 0.4) is 0 Å². The van der Waals surface area contributed by atoms with Crippen LogP contribution in [0.4, 0.5) is 0 Å². The van der Waals surface area contributed by atoms with Crippen LogP contribution in [0, 0.1) is 0 Å². The molecule has 0 saturated carbocycles. The first-order chi connectivity index (χ1) is 11.7. The highest BCUT2D eigenvalue weighted by molar-refractivity contribution is 5.83. The molecular weight excluding hydrogens is 310 g/mol. The van der Waals surface area contributed by atoms with Crippen molar-refractivity contribution in [3.8, 4) is 11.6 Å². The standard InChI is InChI=1S/C16H15N5O3/c1-3-20-15-13(14-18-12(8-23-2)19-24-14)17-9-21(15)11-7-5-4-6-10(11)16(20)22/h4-7,9H,3,8H2,1-2H3. The zero-order chi connectivity index (χ0) is 16.7. The summed E-state index contributed by atoms with van der Waals surface area (Å²) in [6, 6.07) is 7.44. The van der Waals surface area contributed by atoms with E-state index in [1.54, 1.807) is 18.0 Å². The van der Waals surface area contributed by atoms with Gasteiger partial charge in [0.05, 0.1) is 10.9 Å². The summed E-state index contributed by atoms with van der Waals surface area (Å²) in [7, 11) is 1.56. The van der Waals surface area contributed by atoms with Crippen molar-refractivity contribution in [1.82, 2.24) is 24.1 Å². The zero-order valence-electron chi connectivity index (χ0n) is 13.3. The predicted octanol–water partition coefficient (Wildman–Crippen LogP) is 1.87. The summed E-state index contributed by atoms with van der Waals surface area (Å²) in [5, 5.41) is 4.50. The minimum Gasteiger partial charge on any atom is -0.377 e. The number of aromatic nitrogens is 5. The lowest BCUT2D eigenvalue weighted by Gasteiger charge is -2.09. The van der Waals surface area contributed by atoms with Crippen molar-refractivity contribution in [3.63, 3.8) is 0 Å². The van der Waals surface area contributed by atoms with Crippen LogP contribution >= 0.6 is 0 Å². The second-order valence-electron chi connectivity index (χ2n) is 5.30. The monoisotopic (exact) mass is 325 g/mol. The van der Waals surface area contributed by atoms with Gasteiger partial charge in [-0.15, -0.1) is 0 Å². The molecule has 0 N–H and O–H groups in total. The van der Waals surface area contributed by atoms with Crippen molar-refractivity contribution in [2.24, 2.45) is 0 Å². The topological polar surface area (TPSA) is 87.5 Å². The summed E-state index contributed by atoms with van der Waals surface area (Å²) >= 11 is 0. The maximum absolute atomic E-state index is 12.8. The Bertz CT molecular complexity index is 1090. The summed E-state index contributed by atoms with van der Waals surface area (Å²) in [6.07, 6.45) is 1.67. The SMILES string of the molecule is CCn1c(=O)c2ccccc2n2cnc(-c3nc(COC)no3)c12. The number of hydrogen-bond acceptors (Lipinski definition) is 6. The Hall–Kier alpha value is -3.00. The number of hydrogen-bond donors (Lipinski definition) is 0. The first kappa shape index (κ1) is 14.6. The third kappa shape index (κ3) is 2.04. The van der Waals surface area contributed by atoms with Gasteiger partial charge in [-0.1, -0.05) is 17.3 Å². The van der Waals surface area contributed by atoms with Crippen molar-refractivity contribution in [3.05, 3.63) is 46.8 Å². The maximum Gasteiger partial charge on any atom is 0.280 e. The average molecular weight is 325 g/mol. The van der Waals surface area contributed by atoms with E-state index in [0.29, 0.717) is 29.1 Å². The van der Waals surface area contributed by atoms with E-state index in [-0.39, 0.29) is 18.1 Å². The van der Waals surface area contributed by atoms with Crippen LogP contribution in [0.2, 0.25) is 0 Å². The van der Waals surface area contributed by atoms with Crippen LogP contribution < -0.4 is 5.56 Å². The number of benzene rings is 1. The second kappa shape index (κ2) is 5.57. The molecule has 0 radical (unpaired) electrons. The molecule has 3 aromatic heterocycles. The van der Waals surface area contributed by atoms with E-state index in [4.69, 9.17) is 9.26 Å². The van der Waals surface area contributed by atoms with Gasteiger partial charge in [-0.3, -0.25) is 13.8 Å². The molecule has 0 bridgehead atoms. The molecular formula is C16H15N5O3. The summed E-state index contributed by atoms with van der Waals surface area (Å²) in [5.41, 5.74) is 1.83. The van der Waals surface area contributed by atoms with Gasteiger partial charge in [0, 0.05) is 13.7 Å². The van der Waals surface area contributed by atoms with Gasteiger partial charge in [-0.2, -0.15) is 4.98 Å². The molecule has 0 fully saturated rings. The fourth-order valence-corrected chi connectivity index (χ4v) is 2.86. The van der Waals surface area contributed by atoms with Gasteiger partial charge in [0.1, 0.15) is 12.9 Å². The number of methoxy groups -OCH3 is 1. The van der Waals surface area contributed by atoms with E-state index >= 15 is 0 Å². The number of rotatable bonds is 4. The van der Waals surface area contributed by atoms with Gasteiger partial charge in [-0.05, 0) is 19.1 Å². The summed E-state index contributed by atoms with van der Waals surface area (Å²) in [4.78, 5) is 21.5. The fourth-order valence-electron chi connectivity index (χ4n) is 2.86. The number of aryl methyl sites for hydroxylation is 1. The van der Waals surface area contributed by atoms with E-state index in [9.17, 15) is 4.79 Å². The van der Waals surface area contributed by atoms with Gasteiger partial charge in [-0.25, -0.2) is 4.98 Å². The molecule has 0 amide bonds. The Balaban J connectivity index is 2.06. The van der Waals surface area contributed by atoms with Gasteiger partial charge in [0.2, 0.25) is 0 Å². The lowest BCUT2D eigenvalue weighted by atomic mass is 10.2. The van der Waals surface area contributed by atoms with Gasteiger partial charge < -0.3 is 9.26 Å². The van der Waals surface area contributed by atoms with Crippen molar-refractivity contribution in [1.29, 1.82) is 0 Å². The van der Waals surface area contributed by atoms with E-state index < -0.39 is 0 Å². The first-order valence-electron chi connectivity index (χ1n) is 7.55. The number of ether oxygens (including phenoxy) is 1. The summed E-state index contributed by atoms with van der Waals surface area (Å²) < 4.78 is 13.8.